The second-order valence-corrected chi connectivity index (χ2v) is 8.23. The van der Waals surface area contributed by atoms with Crippen molar-refractivity contribution in [2.75, 3.05) is 45.2 Å². The van der Waals surface area contributed by atoms with Crippen LogP contribution in [0.25, 0.3) is 0 Å². The van der Waals surface area contributed by atoms with E-state index in [1.165, 1.54) is 0 Å². The Morgan fingerprint density at radius 2 is 1.84 bits per heavy atom. The predicted molar refractivity (Wildman–Crippen MR) is 139 cm³/mol. The van der Waals surface area contributed by atoms with Crippen molar-refractivity contribution in [3.63, 3.8) is 0 Å². The van der Waals surface area contributed by atoms with Gasteiger partial charge in [0.1, 0.15) is 0 Å². The molecule has 1 heterocycles. The number of carbonyl (C=O) groups excluding carboxylic acids is 1. The van der Waals surface area contributed by atoms with Gasteiger partial charge in [-0.3, -0.25) is 14.7 Å². The zero-order valence-electron chi connectivity index (χ0n) is 19.4. The van der Waals surface area contributed by atoms with Crippen LogP contribution in [-0.2, 0) is 16.1 Å². The minimum atomic E-state index is 0. The number of ether oxygens (including phenoxy) is 1. The summed E-state index contributed by atoms with van der Waals surface area (Å²) in [6.07, 6.45) is 2.55. The Balaban J connectivity index is 0.00000480. The van der Waals surface area contributed by atoms with Gasteiger partial charge in [-0.2, -0.15) is 0 Å². The van der Waals surface area contributed by atoms with Crippen LogP contribution < -0.4 is 16.0 Å². The number of halogens is 1. The minimum absolute atomic E-state index is 0. The number of nitrogens with zero attached hydrogens (tertiary/aromatic N) is 2. The zero-order valence-corrected chi connectivity index (χ0v) is 21.8. The molecule has 0 spiro atoms. The lowest BCUT2D eigenvalue weighted by atomic mass is 10.0. The smallest absolute Gasteiger partial charge is 0.224 e. The zero-order chi connectivity index (χ0) is 21.8. The third-order valence-corrected chi connectivity index (χ3v) is 5.21. The summed E-state index contributed by atoms with van der Waals surface area (Å²) in [7, 11) is 1.80. The Labute approximate surface area is 204 Å². The first kappa shape index (κ1) is 27.6. The number of amides is 1. The summed E-state index contributed by atoms with van der Waals surface area (Å²) in [6, 6.07) is 8.41. The van der Waals surface area contributed by atoms with E-state index in [-0.39, 0.29) is 29.9 Å². The van der Waals surface area contributed by atoms with Gasteiger partial charge in [-0.1, -0.05) is 32.9 Å². The third-order valence-electron chi connectivity index (χ3n) is 5.21. The first-order chi connectivity index (χ1) is 14.5. The number of hydrogen-bond donors (Lipinski definition) is 3. The summed E-state index contributed by atoms with van der Waals surface area (Å²) >= 11 is 0. The maximum atomic E-state index is 11.7. The molecule has 1 atom stereocenters. The van der Waals surface area contributed by atoms with E-state index in [0.29, 0.717) is 24.9 Å². The number of benzene rings is 1. The highest BCUT2D eigenvalue weighted by Crippen LogP contribution is 2.13. The Morgan fingerprint density at radius 3 is 2.42 bits per heavy atom. The van der Waals surface area contributed by atoms with Crippen LogP contribution in [0.5, 0.6) is 0 Å². The lowest BCUT2D eigenvalue weighted by Gasteiger charge is -2.35. The highest BCUT2D eigenvalue weighted by atomic mass is 127. The monoisotopic (exact) mass is 545 g/mol. The second-order valence-electron chi connectivity index (χ2n) is 8.23. The van der Waals surface area contributed by atoms with Crippen LogP contribution in [0.4, 0.5) is 5.69 Å². The molecule has 0 saturated carbocycles. The second kappa shape index (κ2) is 15.4. The fourth-order valence-electron chi connectivity index (χ4n) is 3.63. The number of carbonyl (C=O) groups is 1. The topological polar surface area (TPSA) is 78.0 Å². The van der Waals surface area contributed by atoms with E-state index in [1.54, 1.807) is 7.05 Å². The highest BCUT2D eigenvalue weighted by Gasteiger charge is 2.22. The fourth-order valence-corrected chi connectivity index (χ4v) is 3.63. The number of hydrogen-bond acceptors (Lipinski definition) is 4. The molecule has 8 heteroatoms. The number of morpholine rings is 1. The molecule has 1 saturated heterocycles. The summed E-state index contributed by atoms with van der Waals surface area (Å²) in [4.78, 5) is 18.6. The molecule has 0 aromatic heterocycles. The van der Waals surface area contributed by atoms with Crippen molar-refractivity contribution in [2.24, 2.45) is 10.9 Å². The van der Waals surface area contributed by atoms with Gasteiger partial charge in [0.2, 0.25) is 5.91 Å². The van der Waals surface area contributed by atoms with Crippen LogP contribution in [0.3, 0.4) is 0 Å². The number of rotatable bonds is 10. The van der Waals surface area contributed by atoms with Crippen molar-refractivity contribution in [3.8, 4) is 0 Å². The van der Waals surface area contributed by atoms with Gasteiger partial charge in [-0.25, -0.2) is 0 Å². The molecule has 0 bridgehead atoms. The van der Waals surface area contributed by atoms with E-state index in [9.17, 15) is 4.79 Å². The molecule has 31 heavy (non-hydrogen) atoms. The van der Waals surface area contributed by atoms with Gasteiger partial charge in [-0.05, 0) is 36.5 Å². The standard InChI is InChI=1S/C23H39N5O2.HI/c1-5-6-22(29)27-20-9-7-19(8-10-20)16-25-23(24-4)26-17-21(15-18(2)3)28-11-13-30-14-12-28;/h7-10,18,21H,5-6,11-17H2,1-4H3,(H,27,29)(H2,24,25,26);1H. The molecule has 176 valence electrons. The summed E-state index contributed by atoms with van der Waals surface area (Å²) in [5.74, 6) is 1.51. The fraction of sp³-hybridized carbons (Fsp3) is 0.652. The number of anilines is 1. The Bertz CT molecular complexity index is 660. The van der Waals surface area contributed by atoms with Crippen LogP contribution in [-0.4, -0.2) is 62.7 Å². The number of aliphatic imine (C=N–C) groups is 1. The van der Waals surface area contributed by atoms with Crippen molar-refractivity contribution in [1.82, 2.24) is 15.5 Å². The van der Waals surface area contributed by atoms with Gasteiger partial charge in [0.25, 0.3) is 0 Å². The third kappa shape index (κ3) is 10.7. The van der Waals surface area contributed by atoms with Crippen LogP contribution in [0, 0.1) is 5.92 Å². The van der Waals surface area contributed by atoms with Gasteiger partial charge < -0.3 is 20.7 Å². The predicted octanol–water partition coefficient (Wildman–Crippen LogP) is 3.46. The van der Waals surface area contributed by atoms with Crippen LogP contribution in [0.2, 0.25) is 0 Å². The molecule has 3 N–H and O–H groups in total. The quantitative estimate of drug-likeness (QED) is 0.239. The maximum Gasteiger partial charge on any atom is 0.224 e. The molecule has 0 radical (unpaired) electrons. The van der Waals surface area contributed by atoms with Gasteiger partial charge in [0, 0.05) is 51.4 Å². The van der Waals surface area contributed by atoms with Gasteiger partial charge in [-0.15, -0.1) is 24.0 Å². The summed E-state index contributed by atoms with van der Waals surface area (Å²) in [5, 5.41) is 9.80. The summed E-state index contributed by atoms with van der Waals surface area (Å²) in [6.45, 7) is 11.7. The van der Waals surface area contributed by atoms with E-state index >= 15 is 0 Å². The number of nitrogens with one attached hydrogen (secondary N) is 3. The van der Waals surface area contributed by atoms with E-state index in [4.69, 9.17) is 4.74 Å². The molecule has 1 aliphatic heterocycles. The van der Waals surface area contributed by atoms with Crippen LogP contribution >= 0.6 is 24.0 Å². The Morgan fingerprint density at radius 1 is 1.16 bits per heavy atom. The average Bonchev–Trinajstić information content (AvgIpc) is 2.74. The van der Waals surface area contributed by atoms with Gasteiger partial charge >= 0.3 is 0 Å². The normalized spacial score (nSPS) is 15.8. The maximum absolute atomic E-state index is 11.7. The van der Waals surface area contributed by atoms with Crippen molar-refractivity contribution in [2.45, 2.75) is 52.6 Å². The lowest BCUT2D eigenvalue weighted by Crippen LogP contribution is -2.50. The molecular weight excluding hydrogens is 505 g/mol. The number of guanidine groups is 1. The molecule has 0 aliphatic carbocycles. The molecule has 1 amide bonds. The van der Waals surface area contributed by atoms with Gasteiger partial charge in [0.15, 0.2) is 5.96 Å². The van der Waals surface area contributed by atoms with Crippen molar-refractivity contribution >= 4 is 41.5 Å². The SMILES string of the molecule is CCCC(=O)Nc1ccc(CNC(=NC)NCC(CC(C)C)N2CCOCC2)cc1.I. The largest absolute Gasteiger partial charge is 0.379 e. The molecular formula is C23H40IN5O2. The summed E-state index contributed by atoms with van der Waals surface area (Å²) < 4.78 is 5.51. The molecule has 2 rings (SSSR count). The van der Waals surface area contributed by atoms with E-state index in [1.807, 2.05) is 31.2 Å². The van der Waals surface area contributed by atoms with E-state index in [0.717, 1.165) is 62.9 Å². The van der Waals surface area contributed by atoms with Crippen molar-refractivity contribution in [3.05, 3.63) is 29.8 Å². The lowest BCUT2D eigenvalue weighted by molar-refractivity contribution is -0.116. The van der Waals surface area contributed by atoms with E-state index < -0.39 is 0 Å². The first-order valence-corrected chi connectivity index (χ1v) is 11.2. The molecule has 1 unspecified atom stereocenters. The van der Waals surface area contributed by atoms with Crippen molar-refractivity contribution in [1.29, 1.82) is 0 Å². The summed E-state index contributed by atoms with van der Waals surface area (Å²) in [5.41, 5.74) is 1.97. The molecule has 1 aromatic rings. The Hall–Kier alpha value is -1.39. The average molecular weight is 546 g/mol. The Kier molecular flexibility index (Phi) is 13.7. The minimum Gasteiger partial charge on any atom is -0.379 e. The van der Waals surface area contributed by atoms with E-state index in [2.05, 4.69) is 39.7 Å². The molecule has 7 nitrogen and oxygen atoms in total. The van der Waals surface area contributed by atoms with Gasteiger partial charge in [0.05, 0.1) is 13.2 Å². The van der Waals surface area contributed by atoms with Crippen LogP contribution in [0.1, 0.15) is 45.6 Å². The molecule has 1 aromatic carbocycles. The van der Waals surface area contributed by atoms with Crippen LogP contribution in [0.15, 0.2) is 29.3 Å². The highest BCUT2D eigenvalue weighted by molar-refractivity contribution is 14.0. The first-order valence-electron chi connectivity index (χ1n) is 11.2. The van der Waals surface area contributed by atoms with Crippen molar-refractivity contribution < 1.29 is 9.53 Å². The molecule has 1 fully saturated rings. The molecule has 1 aliphatic rings.